The zero-order valence-electron chi connectivity index (χ0n) is 21.3. The van der Waals surface area contributed by atoms with Crippen molar-refractivity contribution in [1.82, 2.24) is 10.2 Å². The summed E-state index contributed by atoms with van der Waals surface area (Å²) in [6.45, 7) is 4.28. The first-order valence-corrected chi connectivity index (χ1v) is 8.48. The minimum absolute atomic E-state index is 0.289. The topological polar surface area (TPSA) is 86.7 Å². The fraction of sp³-hybridized carbons (Fsp3) is 0.550. The summed E-state index contributed by atoms with van der Waals surface area (Å²) < 4.78 is 49.0. The molecule has 2 N–H and O–H groups in total. The van der Waals surface area contributed by atoms with Crippen molar-refractivity contribution in [3.63, 3.8) is 0 Å². The van der Waals surface area contributed by atoms with E-state index in [-0.39, 0.29) is 23.5 Å². The molecule has 0 fully saturated rings. The largest absolute Gasteiger partial charge is 0.385 e. The Bertz CT molecular complexity index is 953. The fourth-order valence-electron chi connectivity index (χ4n) is 2.60. The Morgan fingerprint density at radius 3 is 2.69 bits per heavy atom. The van der Waals surface area contributed by atoms with E-state index in [4.69, 9.17) is 8.22 Å². The zero-order valence-corrected chi connectivity index (χ0v) is 15.3. The van der Waals surface area contributed by atoms with Crippen LogP contribution in [0.3, 0.4) is 0 Å². The predicted octanol–water partition coefficient (Wildman–Crippen LogP) is 1.47. The van der Waals surface area contributed by atoms with Gasteiger partial charge in [0.05, 0.1) is 5.48 Å². The van der Waals surface area contributed by atoms with Crippen LogP contribution in [0, 0.1) is 11.8 Å². The molecule has 1 aliphatic heterocycles. The van der Waals surface area contributed by atoms with Gasteiger partial charge in [0, 0.05) is 28.7 Å². The minimum atomic E-state index is -2.29. The summed E-state index contributed by atoms with van der Waals surface area (Å²) in [6.07, 6.45) is -3.82. The normalized spacial score (nSPS) is 24.8. The summed E-state index contributed by atoms with van der Waals surface area (Å²) in [6, 6.07) is -4.07. The number of fused-ring (bicyclic) bond motifs is 1. The molecule has 142 valence electrons. The van der Waals surface area contributed by atoms with Crippen molar-refractivity contribution < 1.29 is 27.7 Å². The van der Waals surface area contributed by atoms with E-state index in [1.54, 1.807) is 13.8 Å². The van der Waals surface area contributed by atoms with Crippen molar-refractivity contribution in [2.45, 2.75) is 45.7 Å². The van der Waals surface area contributed by atoms with Crippen LogP contribution in [0.15, 0.2) is 24.2 Å². The summed E-state index contributed by atoms with van der Waals surface area (Å²) in [5.41, 5.74) is -0.713. The van der Waals surface area contributed by atoms with Crippen molar-refractivity contribution >= 4 is 17.6 Å². The van der Waals surface area contributed by atoms with Gasteiger partial charge in [0.2, 0.25) is 11.8 Å². The number of likely N-dealkylation sites (N-methyl/N-ethyl adjacent to an activating group) is 1. The predicted molar refractivity (Wildman–Crippen MR) is 98.3 cm³/mol. The highest BCUT2D eigenvalue weighted by Crippen LogP contribution is 2.25. The molecule has 2 rings (SSSR count). The molecule has 0 saturated heterocycles. The number of aliphatic hydroxyl groups is 1. The third-order valence-electron chi connectivity index (χ3n) is 4.32. The maximum atomic E-state index is 13.0. The number of carbonyl (C=O) groups excluding carboxylic acids is 3. The molecule has 1 aromatic rings. The van der Waals surface area contributed by atoms with Crippen LogP contribution in [0.2, 0.25) is 0 Å². The summed E-state index contributed by atoms with van der Waals surface area (Å²) in [5.74, 6) is -3.29. The highest BCUT2D eigenvalue weighted by molar-refractivity contribution is 5.92. The Kier molecular flexibility index (Phi) is 4.23. The van der Waals surface area contributed by atoms with Crippen LogP contribution in [0.25, 0.3) is 0 Å². The van der Waals surface area contributed by atoms with Crippen LogP contribution >= 0.6 is 0 Å². The van der Waals surface area contributed by atoms with Crippen LogP contribution in [0.5, 0.6) is 0 Å². The van der Waals surface area contributed by atoms with Gasteiger partial charge in [-0.2, -0.15) is 0 Å². The molecule has 0 aliphatic carbocycles. The molecule has 0 saturated carbocycles. The maximum Gasteiger partial charge on any atom is 0.249 e. The molecule has 6 heteroatoms. The number of aliphatic hydroxyl groups excluding tert-OH is 1. The Balaban J connectivity index is 2.50. The second kappa shape index (κ2) is 8.45. The van der Waals surface area contributed by atoms with E-state index in [0.717, 1.165) is 4.90 Å². The molecular formula is C20H28N2O4. The molecule has 0 bridgehead atoms. The number of rotatable bonds is 6. The molecule has 1 aliphatic rings. The molecular weight excluding hydrogens is 332 g/mol. The Morgan fingerprint density at radius 2 is 2.04 bits per heavy atom. The SMILES string of the molecule is [2H]c1c([2H])c([2H])c2c(c1[2H])[C@H](NC(=O)[C@H](C)CC(=O)[C@@H](O)C(C)C)C(=O)N(C)CC2([2H])[2H]. The first-order chi connectivity index (χ1) is 14.6. The lowest BCUT2D eigenvalue weighted by atomic mass is 9.94. The molecule has 0 radical (unpaired) electrons. The van der Waals surface area contributed by atoms with Crippen molar-refractivity contribution in [3.05, 3.63) is 35.3 Å². The molecule has 0 unspecified atom stereocenters. The number of Topliss-reactive ketones (excluding diaryl/α,β-unsaturated/α-hetero) is 1. The van der Waals surface area contributed by atoms with Gasteiger partial charge < -0.3 is 15.3 Å². The lowest BCUT2D eigenvalue weighted by molar-refractivity contribution is -0.137. The summed E-state index contributed by atoms with van der Waals surface area (Å²) in [7, 11) is 1.31. The zero-order chi connectivity index (χ0) is 24.7. The molecule has 3 atom stereocenters. The molecule has 2 amide bonds. The average Bonchev–Trinajstić information content (AvgIpc) is 2.77. The number of hydrogen-bond acceptors (Lipinski definition) is 4. The summed E-state index contributed by atoms with van der Waals surface area (Å²) in [5, 5.41) is 12.3. The van der Waals surface area contributed by atoms with E-state index < -0.39 is 72.7 Å². The molecule has 0 spiro atoms. The third kappa shape index (κ3) is 4.49. The lowest BCUT2D eigenvalue weighted by Crippen LogP contribution is -2.43. The third-order valence-corrected chi connectivity index (χ3v) is 4.32. The van der Waals surface area contributed by atoms with Crippen LogP contribution in [0.4, 0.5) is 0 Å². The van der Waals surface area contributed by atoms with Gasteiger partial charge in [-0.15, -0.1) is 0 Å². The highest BCUT2D eigenvalue weighted by atomic mass is 16.3. The number of ketones is 1. The van der Waals surface area contributed by atoms with Gasteiger partial charge in [-0.25, -0.2) is 0 Å². The van der Waals surface area contributed by atoms with E-state index in [1.165, 1.54) is 14.0 Å². The second-order valence-electron chi connectivity index (χ2n) is 6.86. The molecule has 1 heterocycles. The van der Waals surface area contributed by atoms with Gasteiger partial charge in [0.15, 0.2) is 5.78 Å². The average molecular weight is 366 g/mol. The maximum absolute atomic E-state index is 13.0. The van der Waals surface area contributed by atoms with Gasteiger partial charge in [-0.05, 0) is 23.4 Å². The van der Waals surface area contributed by atoms with Crippen molar-refractivity contribution in [3.8, 4) is 0 Å². The Morgan fingerprint density at radius 1 is 1.38 bits per heavy atom. The molecule has 0 aromatic heterocycles. The summed E-state index contributed by atoms with van der Waals surface area (Å²) in [4.78, 5) is 39.0. The number of hydrogen-bond donors (Lipinski definition) is 2. The van der Waals surface area contributed by atoms with Crippen molar-refractivity contribution in [2.24, 2.45) is 11.8 Å². The van der Waals surface area contributed by atoms with Crippen molar-refractivity contribution in [2.75, 3.05) is 13.6 Å². The van der Waals surface area contributed by atoms with Crippen LogP contribution in [-0.4, -0.2) is 47.3 Å². The molecule has 1 aromatic carbocycles. The number of nitrogens with zero attached hydrogens (tertiary/aromatic N) is 1. The van der Waals surface area contributed by atoms with E-state index in [9.17, 15) is 19.5 Å². The van der Waals surface area contributed by atoms with E-state index in [0.29, 0.717) is 0 Å². The first-order valence-electron chi connectivity index (χ1n) is 11.5. The second-order valence-corrected chi connectivity index (χ2v) is 6.86. The highest BCUT2D eigenvalue weighted by Gasteiger charge is 2.32. The van der Waals surface area contributed by atoms with Crippen LogP contribution in [-0.2, 0) is 20.8 Å². The van der Waals surface area contributed by atoms with Crippen molar-refractivity contribution in [1.29, 1.82) is 0 Å². The lowest BCUT2D eigenvalue weighted by Gasteiger charge is -2.24. The van der Waals surface area contributed by atoms with Crippen LogP contribution in [0.1, 0.15) is 52.6 Å². The Labute approximate surface area is 163 Å². The van der Waals surface area contributed by atoms with Crippen LogP contribution < -0.4 is 5.32 Å². The van der Waals surface area contributed by atoms with Gasteiger partial charge in [-0.1, -0.05) is 44.9 Å². The number of carbonyl (C=O) groups is 3. The Hall–Kier alpha value is -2.21. The molecule has 6 nitrogen and oxygen atoms in total. The van der Waals surface area contributed by atoms with Gasteiger partial charge in [0.1, 0.15) is 12.1 Å². The van der Waals surface area contributed by atoms with Gasteiger partial charge in [-0.3, -0.25) is 14.4 Å². The van der Waals surface area contributed by atoms with Gasteiger partial charge >= 0.3 is 0 Å². The number of benzene rings is 1. The van der Waals surface area contributed by atoms with Gasteiger partial charge in [0.25, 0.3) is 0 Å². The smallest absolute Gasteiger partial charge is 0.249 e. The monoisotopic (exact) mass is 366 g/mol. The van der Waals surface area contributed by atoms with E-state index in [1.807, 2.05) is 0 Å². The summed E-state index contributed by atoms with van der Waals surface area (Å²) >= 11 is 0. The standard InChI is InChI=1S/C20H28N2O4/c1-12(2)18(24)16(23)11-13(3)19(25)21-17-15-8-6-5-7-14(15)9-10-22(4)20(17)26/h5-8,12-13,17-18,24H,9-11H2,1-4H3,(H,21,25)/t13-,17+,18+/m1/s1/i5D,6D,7D,8D,9D2. The minimum Gasteiger partial charge on any atom is -0.385 e. The number of amides is 2. The quantitative estimate of drug-likeness (QED) is 0.798. The first kappa shape index (κ1) is 13.0. The van der Waals surface area contributed by atoms with E-state index >= 15 is 0 Å². The molecule has 26 heavy (non-hydrogen) atoms. The van der Waals surface area contributed by atoms with E-state index in [2.05, 4.69) is 5.32 Å². The number of nitrogens with one attached hydrogen (secondary N) is 1. The fourth-order valence-corrected chi connectivity index (χ4v) is 2.60.